The maximum absolute atomic E-state index is 11.4. The Balaban J connectivity index is 0.000000233. The minimum Gasteiger partial charge on any atom is -0.329 e. The van der Waals surface area contributed by atoms with Gasteiger partial charge >= 0.3 is 0 Å². The van der Waals surface area contributed by atoms with Crippen molar-refractivity contribution in [1.82, 2.24) is 20.1 Å². The van der Waals surface area contributed by atoms with E-state index in [1.54, 1.807) is 18.3 Å². The molecule has 2 aromatic carbocycles. The zero-order valence-electron chi connectivity index (χ0n) is 18.1. The molecule has 5 rings (SSSR count). The first-order chi connectivity index (χ1) is 15.6. The van der Waals surface area contributed by atoms with Gasteiger partial charge in [-0.1, -0.05) is 58.4 Å². The summed E-state index contributed by atoms with van der Waals surface area (Å²) in [7, 11) is 0. The number of alkyl halides is 1. The number of hydrogen-bond acceptors (Lipinski definition) is 5. The van der Waals surface area contributed by atoms with Gasteiger partial charge in [-0.2, -0.15) is 5.10 Å². The van der Waals surface area contributed by atoms with Crippen LogP contribution in [0.25, 0.3) is 22.2 Å². The predicted molar refractivity (Wildman–Crippen MR) is 142 cm³/mol. The molecule has 1 aliphatic heterocycles. The maximum atomic E-state index is 11.4. The van der Waals surface area contributed by atoms with E-state index in [1.807, 2.05) is 41.2 Å². The smallest absolute Gasteiger partial charge is 0.259 e. The number of nitrogens with one attached hydrogen (secondary N) is 1. The summed E-state index contributed by atoms with van der Waals surface area (Å²) in [4.78, 5) is 26.9. The summed E-state index contributed by atoms with van der Waals surface area (Å²) in [6.45, 7) is 1.29. The number of imide groups is 1. The lowest BCUT2D eigenvalue weighted by Crippen LogP contribution is -2.20. The standard InChI is InChI=1S/C14H14N4.C10H8BrNO2.2ClH/c15-7-9-18-13-6-8-16-10-12(13)14(17-18)11-4-2-1-3-5-11;11-5-4-6-2-1-3-7-8(6)10(14)12-9(7)13;;/h1-6,8,10H,7,9,15H2;1-3H,4-5H2,(H,12,13,14);2*1H. The van der Waals surface area contributed by atoms with Crippen molar-refractivity contribution in [2.45, 2.75) is 13.0 Å². The van der Waals surface area contributed by atoms with Gasteiger partial charge in [-0.05, 0) is 24.1 Å². The van der Waals surface area contributed by atoms with Crippen LogP contribution < -0.4 is 11.1 Å². The normalized spacial score (nSPS) is 11.6. The van der Waals surface area contributed by atoms with Gasteiger partial charge < -0.3 is 5.73 Å². The highest BCUT2D eigenvalue weighted by atomic mass is 79.9. The van der Waals surface area contributed by atoms with Crippen molar-refractivity contribution in [2.24, 2.45) is 5.73 Å². The zero-order valence-corrected chi connectivity index (χ0v) is 21.3. The van der Waals surface area contributed by atoms with Crippen LogP contribution in [0, 0.1) is 0 Å². The fraction of sp³-hybridized carbons (Fsp3) is 0.167. The van der Waals surface area contributed by atoms with Crippen molar-refractivity contribution < 1.29 is 9.59 Å². The fourth-order valence-corrected chi connectivity index (χ4v) is 4.15. The summed E-state index contributed by atoms with van der Waals surface area (Å²) < 4.78 is 1.94. The van der Waals surface area contributed by atoms with Crippen LogP contribution in [-0.4, -0.2) is 38.5 Å². The van der Waals surface area contributed by atoms with Crippen molar-refractivity contribution in [3.63, 3.8) is 0 Å². The van der Waals surface area contributed by atoms with E-state index in [0.29, 0.717) is 24.2 Å². The molecular formula is C24H24BrCl2N5O2. The molecule has 0 spiro atoms. The molecule has 34 heavy (non-hydrogen) atoms. The van der Waals surface area contributed by atoms with E-state index in [-0.39, 0.29) is 36.6 Å². The molecule has 0 aliphatic carbocycles. The molecule has 178 valence electrons. The second-order valence-electron chi connectivity index (χ2n) is 7.18. The van der Waals surface area contributed by atoms with E-state index in [0.717, 1.165) is 39.5 Å². The number of halogens is 3. The molecule has 0 bridgehead atoms. The third-order valence-corrected chi connectivity index (χ3v) is 5.55. The van der Waals surface area contributed by atoms with Crippen molar-refractivity contribution >= 4 is 63.5 Å². The number of aromatic nitrogens is 3. The lowest BCUT2D eigenvalue weighted by atomic mass is 10.0. The third-order valence-electron chi connectivity index (χ3n) is 5.15. The fourth-order valence-electron chi connectivity index (χ4n) is 3.73. The third kappa shape index (κ3) is 5.64. The van der Waals surface area contributed by atoms with Crippen LogP contribution in [0.2, 0.25) is 0 Å². The van der Waals surface area contributed by atoms with Crippen LogP contribution in [0.5, 0.6) is 0 Å². The van der Waals surface area contributed by atoms with Crippen LogP contribution in [0.1, 0.15) is 26.3 Å². The highest BCUT2D eigenvalue weighted by Gasteiger charge is 2.28. The molecule has 1 aliphatic rings. The average Bonchev–Trinajstić information content (AvgIpc) is 3.33. The van der Waals surface area contributed by atoms with Gasteiger partial charge in [-0.3, -0.25) is 24.6 Å². The van der Waals surface area contributed by atoms with E-state index in [1.165, 1.54) is 0 Å². The largest absolute Gasteiger partial charge is 0.329 e. The number of benzene rings is 2. The molecule has 0 atom stereocenters. The summed E-state index contributed by atoms with van der Waals surface area (Å²) in [5, 5.41) is 8.78. The predicted octanol–water partition coefficient (Wildman–Crippen LogP) is 4.41. The van der Waals surface area contributed by atoms with Crippen molar-refractivity contribution in [3.8, 4) is 11.3 Å². The number of nitrogens with two attached hydrogens (primary N) is 1. The van der Waals surface area contributed by atoms with Gasteiger partial charge in [0.15, 0.2) is 0 Å². The Hall–Kier alpha value is -2.78. The Labute approximate surface area is 218 Å². The molecule has 0 unspecified atom stereocenters. The molecule has 2 amide bonds. The summed E-state index contributed by atoms with van der Waals surface area (Å²) in [5.41, 5.74) is 10.7. The summed E-state index contributed by atoms with van der Waals surface area (Å²) in [6.07, 6.45) is 4.40. The van der Waals surface area contributed by atoms with E-state index in [4.69, 9.17) is 5.73 Å². The van der Waals surface area contributed by atoms with Gasteiger partial charge in [0.25, 0.3) is 11.8 Å². The quantitative estimate of drug-likeness (QED) is 0.276. The van der Waals surface area contributed by atoms with Gasteiger partial charge in [0.1, 0.15) is 5.69 Å². The first-order valence-electron chi connectivity index (χ1n) is 10.2. The number of carbonyl (C=O) groups is 2. The Morgan fingerprint density at radius 1 is 0.971 bits per heavy atom. The number of aryl methyl sites for hydroxylation is 1. The van der Waals surface area contributed by atoms with Crippen molar-refractivity contribution in [3.05, 3.63) is 83.7 Å². The van der Waals surface area contributed by atoms with E-state index in [2.05, 4.69) is 43.5 Å². The highest BCUT2D eigenvalue weighted by Crippen LogP contribution is 2.26. The molecule has 0 radical (unpaired) electrons. The minimum atomic E-state index is -0.290. The van der Waals surface area contributed by atoms with Crippen molar-refractivity contribution in [1.29, 1.82) is 0 Å². The minimum absolute atomic E-state index is 0. The molecular weight excluding hydrogens is 541 g/mol. The molecule has 3 heterocycles. The van der Waals surface area contributed by atoms with E-state index in [9.17, 15) is 9.59 Å². The Morgan fingerprint density at radius 2 is 1.74 bits per heavy atom. The molecule has 2 aromatic heterocycles. The van der Waals surface area contributed by atoms with Crippen LogP contribution in [0.15, 0.2) is 67.0 Å². The number of carbonyl (C=O) groups excluding carboxylic acids is 2. The second-order valence-corrected chi connectivity index (χ2v) is 7.97. The Morgan fingerprint density at radius 3 is 2.44 bits per heavy atom. The molecule has 7 nitrogen and oxygen atoms in total. The van der Waals surface area contributed by atoms with Crippen LogP contribution in [0.3, 0.4) is 0 Å². The second kappa shape index (κ2) is 12.6. The number of amides is 2. The number of hydrogen-bond donors (Lipinski definition) is 2. The van der Waals surface area contributed by atoms with Crippen LogP contribution >= 0.6 is 40.7 Å². The molecule has 0 saturated heterocycles. The number of fused-ring (bicyclic) bond motifs is 2. The van der Waals surface area contributed by atoms with Gasteiger partial charge in [0.2, 0.25) is 0 Å². The molecule has 3 N–H and O–H groups in total. The van der Waals surface area contributed by atoms with Crippen LogP contribution in [-0.2, 0) is 13.0 Å². The summed E-state index contributed by atoms with van der Waals surface area (Å²) >= 11 is 3.31. The Bertz CT molecular complexity index is 1280. The number of pyridine rings is 1. The SMILES string of the molecule is Cl.Cl.NCCn1nc(-c2ccccc2)c2cnccc21.O=C1NC(=O)c2c(CCBr)cccc21. The van der Waals surface area contributed by atoms with Gasteiger partial charge in [-0.25, -0.2) is 0 Å². The van der Waals surface area contributed by atoms with Gasteiger partial charge in [0, 0.05) is 35.2 Å². The first-order valence-corrected chi connectivity index (χ1v) is 11.4. The maximum Gasteiger partial charge on any atom is 0.259 e. The van der Waals surface area contributed by atoms with E-state index < -0.39 is 0 Å². The van der Waals surface area contributed by atoms with Gasteiger partial charge in [0.05, 0.1) is 23.2 Å². The summed E-state index contributed by atoms with van der Waals surface area (Å²) in [5.74, 6) is -0.567. The Kier molecular flexibility index (Phi) is 10.2. The molecule has 0 saturated carbocycles. The average molecular weight is 565 g/mol. The first kappa shape index (κ1) is 27.5. The zero-order chi connectivity index (χ0) is 22.5. The summed E-state index contributed by atoms with van der Waals surface area (Å²) in [6, 6.07) is 17.5. The molecule has 0 fully saturated rings. The number of rotatable bonds is 5. The highest BCUT2D eigenvalue weighted by molar-refractivity contribution is 9.09. The molecule has 4 aromatic rings. The van der Waals surface area contributed by atoms with E-state index >= 15 is 0 Å². The van der Waals surface area contributed by atoms with Gasteiger partial charge in [-0.15, -0.1) is 24.8 Å². The van der Waals surface area contributed by atoms with Crippen LogP contribution in [0.4, 0.5) is 0 Å². The van der Waals surface area contributed by atoms with Crippen molar-refractivity contribution in [2.75, 3.05) is 11.9 Å². The monoisotopic (exact) mass is 563 g/mol. The lowest BCUT2D eigenvalue weighted by molar-refractivity contribution is 0.0879. The topological polar surface area (TPSA) is 103 Å². The lowest BCUT2D eigenvalue weighted by Gasteiger charge is -2.02. The molecule has 10 heteroatoms. The number of nitrogens with zero attached hydrogens (tertiary/aromatic N) is 3.